The fraction of sp³-hybridized carbons (Fsp3) is 0.250. The first-order valence-electron chi connectivity index (χ1n) is 6.04. The molecule has 9 heteroatoms. The van der Waals surface area contributed by atoms with Crippen LogP contribution in [0.15, 0.2) is 29.4 Å². The molecule has 0 saturated heterocycles. The van der Waals surface area contributed by atoms with Crippen molar-refractivity contribution in [1.82, 2.24) is 14.9 Å². The molecule has 0 fully saturated rings. The minimum Gasteiger partial charge on any atom is -0.326 e. The molecule has 0 radical (unpaired) electrons. The van der Waals surface area contributed by atoms with Crippen molar-refractivity contribution in [2.24, 2.45) is 5.73 Å². The van der Waals surface area contributed by atoms with Crippen molar-refractivity contribution in [2.75, 3.05) is 0 Å². The molecule has 1 heterocycles. The summed E-state index contributed by atoms with van der Waals surface area (Å²) >= 11 is 5.72. The number of sulfonamides is 1. The van der Waals surface area contributed by atoms with Gasteiger partial charge in [-0.2, -0.15) is 5.10 Å². The fourth-order valence-electron chi connectivity index (χ4n) is 1.79. The Labute approximate surface area is 126 Å². The van der Waals surface area contributed by atoms with Gasteiger partial charge in [0.15, 0.2) is 0 Å². The monoisotopic (exact) mass is 332 g/mol. The van der Waals surface area contributed by atoms with Crippen LogP contribution in [0.5, 0.6) is 0 Å². The normalized spacial score (nSPS) is 13.3. The van der Waals surface area contributed by atoms with E-state index in [4.69, 9.17) is 17.3 Å². The van der Waals surface area contributed by atoms with Gasteiger partial charge in [-0.3, -0.25) is 5.10 Å². The lowest BCUT2D eigenvalue weighted by Crippen LogP contribution is -2.27. The second-order valence-electron chi connectivity index (χ2n) is 4.46. The average Bonchev–Trinajstić information content (AvgIpc) is 2.95. The van der Waals surface area contributed by atoms with E-state index in [0.717, 1.165) is 6.07 Å². The Morgan fingerprint density at radius 3 is 2.81 bits per heavy atom. The van der Waals surface area contributed by atoms with Crippen LogP contribution in [0.2, 0.25) is 5.02 Å². The van der Waals surface area contributed by atoms with Crippen LogP contribution in [-0.2, 0) is 16.6 Å². The molecule has 4 N–H and O–H groups in total. The van der Waals surface area contributed by atoms with Gasteiger partial charge in [0, 0.05) is 24.3 Å². The molecule has 1 aromatic heterocycles. The summed E-state index contributed by atoms with van der Waals surface area (Å²) in [7, 11) is -3.90. The van der Waals surface area contributed by atoms with Crippen molar-refractivity contribution in [2.45, 2.75) is 24.4 Å². The summed E-state index contributed by atoms with van der Waals surface area (Å²) in [5, 5.41) is 6.17. The van der Waals surface area contributed by atoms with Crippen LogP contribution in [-0.4, -0.2) is 18.6 Å². The maximum absolute atomic E-state index is 13.7. The van der Waals surface area contributed by atoms with E-state index in [-0.39, 0.29) is 22.0 Å². The number of halogens is 2. The average molecular weight is 333 g/mol. The third-order valence-corrected chi connectivity index (χ3v) is 4.90. The van der Waals surface area contributed by atoms with E-state index in [1.807, 2.05) is 0 Å². The van der Waals surface area contributed by atoms with Crippen LogP contribution < -0.4 is 10.5 Å². The first-order valence-corrected chi connectivity index (χ1v) is 7.90. The van der Waals surface area contributed by atoms with Crippen LogP contribution in [0.25, 0.3) is 0 Å². The highest BCUT2D eigenvalue weighted by Gasteiger charge is 2.21. The Morgan fingerprint density at radius 2 is 2.24 bits per heavy atom. The number of hydrogen-bond acceptors (Lipinski definition) is 4. The van der Waals surface area contributed by atoms with Crippen LogP contribution in [0.1, 0.15) is 24.1 Å². The first-order chi connectivity index (χ1) is 9.85. The van der Waals surface area contributed by atoms with Crippen LogP contribution in [0, 0.1) is 5.82 Å². The molecule has 0 aliphatic rings. The molecule has 0 bridgehead atoms. The zero-order chi connectivity index (χ0) is 15.6. The van der Waals surface area contributed by atoms with Crippen molar-refractivity contribution >= 4 is 21.6 Å². The number of nitrogens with one attached hydrogen (secondary N) is 2. The molecule has 0 saturated carbocycles. The van der Waals surface area contributed by atoms with Gasteiger partial charge in [-0.25, -0.2) is 17.5 Å². The van der Waals surface area contributed by atoms with Crippen molar-refractivity contribution < 1.29 is 12.8 Å². The van der Waals surface area contributed by atoms with E-state index in [2.05, 4.69) is 14.9 Å². The lowest BCUT2D eigenvalue weighted by atomic mass is 10.2. The molecule has 114 valence electrons. The number of aromatic amines is 1. The lowest BCUT2D eigenvalue weighted by molar-refractivity contribution is 0.563. The molecule has 2 aromatic rings. The molecule has 0 spiro atoms. The maximum atomic E-state index is 13.7. The van der Waals surface area contributed by atoms with Gasteiger partial charge in [0.1, 0.15) is 5.82 Å². The molecule has 0 amide bonds. The number of hydrogen-bond donors (Lipinski definition) is 3. The number of H-pyrrole nitrogens is 1. The SMILES string of the molecule is CC(NS(=O)(=O)c1cc(F)c(Cl)c(CN)c1)c1cn[nH]c1. The number of aromatic nitrogens is 2. The first kappa shape index (κ1) is 15.9. The smallest absolute Gasteiger partial charge is 0.241 e. The number of nitrogens with zero attached hydrogens (tertiary/aromatic N) is 1. The molecule has 21 heavy (non-hydrogen) atoms. The standard InChI is InChI=1S/C12H14ClFN4O2S/c1-7(9-5-16-17-6-9)18-21(19,20)10-2-8(4-15)12(13)11(14)3-10/h2-3,5-7,18H,4,15H2,1H3,(H,16,17). The lowest BCUT2D eigenvalue weighted by Gasteiger charge is -2.14. The van der Waals surface area contributed by atoms with Gasteiger partial charge in [0.25, 0.3) is 0 Å². The molecule has 1 aromatic carbocycles. The summed E-state index contributed by atoms with van der Waals surface area (Å²) in [4.78, 5) is -0.222. The quantitative estimate of drug-likeness (QED) is 0.775. The van der Waals surface area contributed by atoms with Crippen molar-refractivity contribution in [3.05, 3.63) is 46.5 Å². The van der Waals surface area contributed by atoms with Gasteiger partial charge in [-0.05, 0) is 24.6 Å². The molecular formula is C12H14ClFN4O2S. The van der Waals surface area contributed by atoms with Crippen molar-refractivity contribution in [1.29, 1.82) is 0 Å². The van der Waals surface area contributed by atoms with Gasteiger partial charge in [-0.1, -0.05) is 11.6 Å². The summed E-state index contributed by atoms with van der Waals surface area (Å²) in [5.41, 5.74) is 6.32. The van der Waals surface area contributed by atoms with Gasteiger partial charge in [-0.15, -0.1) is 0 Å². The Balaban J connectivity index is 2.34. The Bertz CT molecular complexity index is 734. The predicted octanol–water partition coefficient (Wildman–Crippen LogP) is 1.70. The zero-order valence-corrected chi connectivity index (χ0v) is 12.7. The minimum atomic E-state index is -3.90. The van der Waals surface area contributed by atoms with E-state index in [0.29, 0.717) is 5.56 Å². The van der Waals surface area contributed by atoms with Crippen LogP contribution in [0.3, 0.4) is 0 Å². The van der Waals surface area contributed by atoms with Crippen molar-refractivity contribution in [3.63, 3.8) is 0 Å². The molecule has 2 rings (SSSR count). The summed E-state index contributed by atoms with van der Waals surface area (Å²) in [6.07, 6.45) is 3.07. The van der Waals surface area contributed by atoms with Crippen LogP contribution >= 0.6 is 11.6 Å². The second kappa shape index (κ2) is 6.10. The Kier molecular flexibility index (Phi) is 4.62. The second-order valence-corrected chi connectivity index (χ2v) is 6.55. The third-order valence-electron chi connectivity index (χ3n) is 2.96. The third kappa shape index (κ3) is 3.41. The summed E-state index contributed by atoms with van der Waals surface area (Å²) < 4.78 is 40.7. The highest BCUT2D eigenvalue weighted by Crippen LogP contribution is 2.25. The molecular weight excluding hydrogens is 319 g/mol. The summed E-state index contributed by atoms with van der Waals surface area (Å²) in [6.45, 7) is 1.59. The molecule has 6 nitrogen and oxygen atoms in total. The zero-order valence-electron chi connectivity index (χ0n) is 11.1. The molecule has 1 atom stereocenters. The van der Waals surface area contributed by atoms with Gasteiger partial charge in [0.05, 0.1) is 16.1 Å². The number of rotatable bonds is 5. The van der Waals surface area contributed by atoms with Gasteiger partial charge >= 0.3 is 0 Å². The van der Waals surface area contributed by atoms with Gasteiger partial charge in [0.2, 0.25) is 10.0 Å². The van der Waals surface area contributed by atoms with Crippen molar-refractivity contribution in [3.8, 4) is 0 Å². The maximum Gasteiger partial charge on any atom is 0.241 e. The minimum absolute atomic E-state index is 0.0591. The summed E-state index contributed by atoms with van der Waals surface area (Å²) in [5.74, 6) is -0.823. The molecule has 0 aliphatic carbocycles. The van der Waals surface area contributed by atoms with E-state index in [9.17, 15) is 12.8 Å². The number of nitrogens with two attached hydrogens (primary N) is 1. The Morgan fingerprint density at radius 1 is 1.52 bits per heavy atom. The van der Waals surface area contributed by atoms with Gasteiger partial charge < -0.3 is 5.73 Å². The highest BCUT2D eigenvalue weighted by molar-refractivity contribution is 7.89. The molecule has 0 aliphatic heterocycles. The largest absolute Gasteiger partial charge is 0.326 e. The van der Waals surface area contributed by atoms with E-state index in [1.165, 1.54) is 12.3 Å². The fourth-order valence-corrected chi connectivity index (χ4v) is 3.27. The molecule has 1 unspecified atom stereocenters. The number of benzene rings is 1. The topological polar surface area (TPSA) is 101 Å². The van der Waals surface area contributed by atoms with E-state index in [1.54, 1.807) is 13.1 Å². The highest BCUT2D eigenvalue weighted by atomic mass is 35.5. The predicted molar refractivity (Wildman–Crippen MR) is 76.6 cm³/mol. The van der Waals surface area contributed by atoms with E-state index >= 15 is 0 Å². The Hall–Kier alpha value is -1.48. The van der Waals surface area contributed by atoms with E-state index < -0.39 is 21.9 Å². The van der Waals surface area contributed by atoms with Crippen LogP contribution in [0.4, 0.5) is 4.39 Å². The summed E-state index contributed by atoms with van der Waals surface area (Å²) in [6, 6.07) is 1.61.